The van der Waals surface area contributed by atoms with Gasteiger partial charge in [0.15, 0.2) is 0 Å². The number of hydrogen-bond acceptors (Lipinski definition) is 3. The van der Waals surface area contributed by atoms with Gasteiger partial charge in [0.05, 0.1) is 18.6 Å². The number of nitrogens with zero attached hydrogens (tertiary/aromatic N) is 1. The zero-order valence-electron chi connectivity index (χ0n) is 11.4. The number of likely N-dealkylation sites (tertiary alicyclic amines) is 1. The SMILES string of the molecule is C=CCOCCNC(=O)N1CCC(C)(C(=O)O)CC1. The van der Waals surface area contributed by atoms with E-state index >= 15 is 0 Å². The minimum atomic E-state index is -0.787. The number of amides is 2. The molecule has 0 radical (unpaired) electrons. The van der Waals surface area contributed by atoms with Gasteiger partial charge in [0, 0.05) is 19.6 Å². The second kappa shape index (κ2) is 7.13. The maximum atomic E-state index is 11.8. The molecule has 108 valence electrons. The molecular weight excluding hydrogens is 248 g/mol. The number of ether oxygens (including phenoxy) is 1. The fourth-order valence-electron chi connectivity index (χ4n) is 1.93. The van der Waals surface area contributed by atoms with Gasteiger partial charge in [-0.2, -0.15) is 0 Å². The Labute approximate surface area is 113 Å². The van der Waals surface area contributed by atoms with Crippen molar-refractivity contribution in [2.75, 3.05) is 32.8 Å². The van der Waals surface area contributed by atoms with Crippen LogP contribution in [0, 0.1) is 5.41 Å². The lowest BCUT2D eigenvalue weighted by molar-refractivity contribution is -0.150. The molecule has 1 heterocycles. The predicted molar refractivity (Wildman–Crippen MR) is 71.0 cm³/mol. The summed E-state index contributed by atoms with van der Waals surface area (Å²) in [7, 11) is 0. The number of carboxylic acids is 1. The van der Waals surface area contributed by atoms with Crippen molar-refractivity contribution in [3.8, 4) is 0 Å². The Balaban J connectivity index is 2.25. The van der Waals surface area contributed by atoms with E-state index in [2.05, 4.69) is 11.9 Å². The molecule has 1 aliphatic rings. The highest BCUT2D eigenvalue weighted by Crippen LogP contribution is 2.30. The van der Waals surface area contributed by atoms with Crippen LogP contribution in [0.25, 0.3) is 0 Å². The molecule has 6 heteroatoms. The maximum Gasteiger partial charge on any atom is 0.317 e. The molecule has 1 fully saturated rings. The van der Waals surface area contributed by atoms with Gasteiger partial charge in [-0.3, -0.25) is 4.79 Å². The number of aliphatic carboxylic acids is 1. The normalized spacial score (nSPS) is 17.8. The first-order chi connectivity index (χ1) is 8.99. The molecule has 2 N–H and O–H groups in total. The number of carboxylic acid groups (broad SMARTS) is 1. The van der Waals surface area contributed by atoms with Crippen molar-refractivity contribution in [1.29, 1.82) is 0 Å². The molecule has 19 heavy (non-hydrogen) atoms. The van der Waals surface area contributed by atoms with E-state index in [0.29, 0.717) is 45.7 Å². The van der Waals surface area contributed by atoms with Crippen molar-refractivity contribution in [3.63, 3.8) is 0 Å². The van der Waals surface area contributed by atoms with Gasteiger partial charge in [-0.1, -0.05) is 6.08 Å². The number of nitrogens with one attached hydrogen (secondary N) is 1. The van der Waals surface area contributed by atoms with Crippen LogP contribution in [0.5, 0.6) is 0 Å². The Morgan fingerprint density at radius 2 is 2.11 bits per heavy atom. The zero-order valence-corrected chi connectivity index (χ0v) is 11.4. The summed E-state index contributed by atoms with van der Waals surface area (Å²) in [5.74, 6) is -0.787. The molecule has 0 aromatic heterocycles. The van der Waals surface area contributed by atoms with E-state index in [4.69, 9.17) is 9.84 Å². The van der Waals surface area contributed by atoms with Crippen molar-refractivity contribution in [3.05, 3.63) is 12.7 Å². The zero-order chi connectivity index (χ0) is 14.3. The fraction of sp³-hybridized carbons (Fsp3) is 0.692. The van der Waals surface area contributed by atoms with Gasteiger partial charge in [-0.05, 0) is 19.8 Å². The molecular formula is C13H22N2O4. The molecule has 0 aromatic rings. The topological polar surface area (TPSA) is 78.9 Å². The van der Waals surface area contributed by atoms with Gasteiger partial charge in [-0.25, -0.2) is 4.79 Å². The molecule has 6 nitrogen and oxygen atoms in total. The standard InChI is InChI=1S/C13H22N2O4/c1-3-9-19-10-6-14-12(18)15-7-4-13(2,5-8-15)11(16)17/h3H,1,4-10H2,2H3,(H,14,18)(H,16,17). The van der Waals surface area contributed by atoms with Crippen LogP contribution in [-0.4, -0.2) is 54.9 Å². The highest BCUT2D eigenvalue weighted by atomic mass is 16.5. The van der Waals surface area contributed by atoms with Gasteiger partial charge in [0.1, 0.15) is 0 Å². The minimum Gasteiger partial charge on any atom is -0.481 e. The largest absolute Gasteiger partial charge is 0.481 e. The summed E-state index contributed by atoms with van der Waals surface area (Å²) in [5, 5.41) is 11.9. The average molecular weight is 270 g/mol. The number of piperidine rings is 1. The maximum absolute atomic E-state index is 11.8. The van der Waals surface area contributed by atoms with Gasteiger partial charge >= 0.3 is 12.0 Å². The highest BCUT2D eigenvalue weighted by Gasteiger charge is 2.37. The molecule has 1 saturated heterocycles. The van der Waals surface area contributed by atoms with Gasteiger partial charge in [-0.15, -0.1) is 6.58 Å². The second-order valence-electron chi connectivity index (χ2n) is 4.95. The highest BCUT2D eigenvalue weighted by molar-refractivity contribution is 5.76. The first kappa shape index (κ1) is 15.5. The van der Waals surface area contributed by atoms with E-state index in [0.717, 1.165) is 0 Å². The van der Waals surface area contributed by atoms with Crippen molar-refractivity contribution < 1.29 is 19.4 Å². The van der Waals surface area contributed by atoms with Crippen LogP contribution in [0.2, 0.25) is 0 Å². The monoisotopic (exact) mass is 270 g/mol. The number of urea groups is 1. The number of carbonyl (C=O) groups excluding carboxylic acids is 1. The molecule has 0 saturated carbocycles. The molecule has 0 bridgehead atoms. The average Bonchev–Trinajstić information content (AvgIpc) is 2.39. The van der Waals surface area contributed by atoms with Crippen molar-refractivity contribution in [2.24, 2.45) is 5.41 Å². The Morgan fingerprint density at radius 3 is 2.63 bits per heavy atom. The Morgan fingerprint density at radius 1 is 1.47 bits per heavy atom. The number of hydrogen-bond donors (Lipinski definition) is 2. The summed E-state index contributed by atoms with van der Waals surface area (Å²) in [5.41, 5.74) is -0.705. The number of carbonyl (C=O) groups is 2. The summed E-state index contributed by atoms with van der Waals surface area (Å²) < 4.78 is 5.16. The van der Waals surface area contributed by atoms with E-state index in [1.165, 1.54) is 0 Å². The van der Waals surface area contributed by atoms with Crippen LogP contribution in [0.3, 0.4) is 0 Å². The van der Waals surface area contributed by atoms with Gasteiger partial charge in [0.25, 0.3) is 0 Å². The van der Waals surface area contributed by atoms with Crippen LogP contribution >= 0.6 is 0 Å². The lowest BCUT2D eigenvalue weighted by atomic mass is 9.80. The Hall–Kier alpha value is -1.56. The molecule has 0 atom stereocenters. The Bertz CT molecular complexity index is 336. The summed E-state index contributed by atoms with van der Waals surface area (Å²) in [6.07, 6.45) is 2.63. The third-order valence-electron chi connectivity index (χ3n) is 3.43. The van der Waals surface area contributed by atoms with Crippen LogP contribution in [0.1, 0.15) is 19.8 Å². The first-order valence-corrected chi connectivity index (χ1v) is 6.44. The van der Waals surface area contributed by atoms with E-state index in [9.17, 15) is 9.59 Å². The quantitative estimate of drug-likeness (QED) is 0.559. The van der Waals surface area contributed by atoms with E-state index < -0.39 is 11.4 Å². The van der Waals surface area contributed by atoms with Crippen LogP contribution in [0.15, 0.2) is 12.7 Å². The van der Waals surface area contributed by atoms with E-state index in [-0.39, 0.29) is 6.03 Å². The van der Waals surface area contributed by atoms with Crippen molar-refractivity contribution in [1.82, 2.24) is 10.2 Å². The molecule has 0 aromatic carbocycles. The van der Waals surface area contributed by atoms with Crippen LogP contribution < -0.4 is 5.32 Å². The summed E-state index contributed by atoms with van der Waals surface area (Å²) in [6, 6.07) is -0.158. The van der Waals surface area contributed by atoms with Gasteiger partial charge in [0.2, 0.25) is 0 Å². The molecule has 1 rings (SSSR count). The molecule has 0 spiro atoms. The third-order valence-corrected chi connectivity index (χ3v) is 3.43. The molecule has 0 aliphatic carbocycles. The second-order valence-corrected chi connectivity index (χ2v) is 4.95. The summed E-state index contributed by atoms with van der Waals surface area (Å²) >= 11 is 0. The molecule has 0 unspecified atom stereocenters. The number of rotatable bonds is 6. The van der Waals surface area contributed by atoms with E-state index in [1.54, 1.807) is 17.9 Å². The predicted octanol–water partition coefficient (Wildman–Crippen LogP) is 1.09. The van der Waals surface area contributed by atoms with E-state index in [1.807, 2.05) is 0 Å². The first-order valence-electron chi connectivity index (χ1n) is 6.44. The molecule has 1 aliphatic heterocycles. The lowest BCUT2D eigenvalue weighted by Crippen LogP contribution is -2.49. The van der Waals surface area contributed by atoms with Gasteiger partial charge < -0.3 is 20.1 Å². The summed E-state index contributed by atoms with van der Waals surface area (Å²) in [4.78, 5) is 24.5. The lowest BCUT2D eigenvalue weighted by Gasteiger charge is -2.36. The Kier molecular flexibility index (Phi) is 5.82. The van der Waals surface area contributed by atoms with Crippen molar-refractivity contribution in [2.45, 2.75) is 19.8 Å². The minimum absolute atomic E-state index is 0.158. The molecule has 2 amide bonds. The van der Waals surface area contributed by atoms with Crippen LogP contribution in [-0.2, 0) is 9.53 Å². The third kappa shape index (κ3) is 4.55. The summed E-state index contributed by atoms with van der Waals surface area (Å²) in [6.45, 7) is 7.56. The fourth-order valence-corrected chi connectivity index (χ4v) is 1.93. The smallest absolute Gasteiger partial charge is 0.317 e. The van der Waals surface area contributed by atoms with Crippen molar-refractivity contribution >= 4 is 12.0 Å². The van der Waals surface area contributed by atoms with Crippen LogP contribution in [0.4, 0.5) is 4.79 Å².